The van der Waals surface area contributed by atoms with Gasteiger partial charge >= 0.3 is 0 Å². The van der Waals surface area contributed by atoms with E-state index in [1.807, 2.05) is 42.6 Å². The lowest BCUT2D eigenvalue weighted by Crippen LogP contribution is -2.50. The molecule has 0 saturated carbocycles. The summed E-state index contributed by atoms with van der Waals surface area (Å²) < 4.78 is -0.243. The van der Waals surface area contributed by atoms with Crippen LogP contribution in [0.2, 0.25) is 0 Å². The minimum absolute atomic E-state index is 0.195. The van der Waals surface area contributed by atoms with E-state index in [1.165, 1.54) is 0 Å². The Morgan fingerprint density at radius 1 is 0.914 bits per heavy atom. The van der Waals surface area contributed by atoms with Gasteiger partial charge in [-0.2, -0.15) is 10.5 Å². The number of benzene rings is 3. The zero-order valence-electron chi connectivity index (χ0n) is 19.3. The molecule has 2 heterocycles. The zero-order valence-corrected chi connectivity index (χ0v) is 19.3. The van der Waals surface area contributed by atoms with Crippen molar-refractivity contribution in [2.24, 2.45) is 0 Å². The van der Waals surface area contributed by atoms with Crippen molar-refractivity contribution < 1.29 is 4.65 Å². The summed E-state index contributed by atoms with van der Waals surface area (Å²) in [6.45, 7) is 1.51. The minimum Gasteiger partial charge on any atom is -0.633 e. The quantitative estimate of drug-likeness (QED) is 0.303. The summed E-state index contributed by atoms with van der Waals surface area (Å²) in [5.74, 6) is 0. The number of piperidine rings is 1. The van der Waals surface area contributed by atoms with E-state index in [2.05, 4.69) is 34.6 Å². The summed E-state index contributed by atoms with van der Waals surface area (Å²) in [6.07, 6.45) is 5.20. The number of hydrogen-bond donors (Lipinski definition) is 1. The molecule has 0 unspecified atom stereocenters. The first-order valence-corrected chi connectivity index (χ1v) is 11.8. The molecule has 0 atom stereocenters. The van der Waals surface area contributed by atoms with Gasteiger partial charge in [0, 0.05) is 47.9 Å². The van der Waals surface area contributed by atoms with Crippen LogP contribution in [0.3, 0.4) is 0 Å². The lowest BCUT2D eigenvalue weighted by Gasteiger charge is -2.47. The molecule has 3 aromatic carbocycles. The molecule has 1 fully saturated rings. The maximum atomic E-state index is 13.4. The first-order chi connectivity index (χ1) is 17.0. The van der Waals surface area contributed by atoms with Gasteiger partial charge in [-0.25, -0.2) is 0 Å². The molecule has 35 heavy (non-hydrogen) atoms. The molecule has 172 valence electrons. The number of hydroxylamine groups is 3. The second-order valence-corrected chi connectivity index (χ2v) is 9.20. The Morgan fingerprint density at radius 3 is 2.43 bits per heavy atom. The van der Waals surface area contributed by atoms with E-state index >= 15 is 0 Å². The SMILES string of the molecule is N#Cc1ccc(C[N+]2([O-])CCC(Nc3cc(-c4cccc(C#N)c4)cc4ccncc34)CC2)cc1. The fourth-order valence-corrected chi connectivity index (χ4v) is 4.83. The molecule has 6 nitrogen and oxygen atoms in total. The van der Waals surface area contributed by atoms with Gasteiger partial charge in [-0.1, -0.05) is 24.3 Å². The highest BCUT2D eigenvalue weighted by Crippen LogP contribution is 2.33. The Balaban J connectivity index is 1.34. The number of anilines is 1. The number of rotatable bonds is 5. The molecule has 1 aromatic heterocycles. The third kappa shape index (κ3) is 5.00. The van der Waals surface area contributed by atoms with Gasteiger partial charge in [-0.05, 0) is 59.0 Å². The van der Waals surface area contributed by atoms with Crippen LogP contribution in [0.4, 0.5) is 5.69 Å². The van der Waals surface area contributed by atoms with Gasteiger partial charge in [0.15, 0.2) is 0 Å². The molecular formula is C29H25N5O. The van der Waals surface area contributed by atoms with E-state index in [1.54, 1.807) is 24.4 Å². The van der Waals surface area contributed by atoms with Crippen molar-refractivity contribution in [3.05, 3.63) is 101 Å². The first kappa shape index (κ1) is 22.6. The highest BCUT2D eigenvalue weighted by Gasteiger charge is 2.27. The van der Waals surface area contributed by atoms with Crippen LogP contribution in [0.1, 0.15) is 29.5 Å². The molecule has 0 aliphatic carbocycles. The normalized spacial score (nSPS) is 19.6. The number of likely N-dealkylation sites (tertiary alicyclic amines) is 1. The monoisotopic (exact) mass is 459 g/mol. The van der Waals surface area contributed by atoms with Gasteiger partial charge in [0.05, 0.1) is 36.4 Å². The van der Waals surface area contributed by atoms with Crippen LogP contribution >= 0.6 is 0 Å². The van der Waals surface area contributed by atoms with Gasteiger partial charge in [0.25, 0.3) is 0 Å². The predicted molar refractivity (Wildman–Crippen MR) is 137 cm³/mol. The summed E-state index contributed by atoms with van der Waals surface area (Å²) in [6, 6.07) is 25.7. The summed E-state index contributed by atoms with van der Waals surface area (Å²) in [5, 5.41) is 37.5. The maximum Gasteiger partial charge on any atom is 0.104 e. The van der Waals surface area contributed by atoms with Crippen LogP contribution in [-0.2, 0) is 6.54 Å². The molecule has 0 amide bonds. The van der Waals surface area contributed by atoms with Crippen molar-refractivity contribution in [3.63, 3.8) is 0 Å². The van der Waals surface area contributed by atoms with Crippen LogP contribution in [-0.4, -0.2) is 28.8 Å². The smallest absolute Gasteiger partial charge is 0.104 e. The van der Waals surface area contributed by atoms with E-state index in [9.17, 15) is 10.5 Å². The molecule has 0 radical (unpaired) electrons. The number of quaternary nitrogens is 1. The number of hydrogen-bond acceptors (Lipinski definition) is 5. The zero-order chi connectivity index (χ0) is 24.3. The molecule has 6 heteroatoms. The summed E-state index contributed by atoms with van der Waals surface area (Å²) >= 11 is 0. The third-order valence-corrected chi connectivity index (χ3v) is 6.76. The number of aromatic nitrogens is 1. The second-order valence-electron chi connectivity index (χ2n) is 9.20. The molecule has 0 spiro atoms. The standard InChI is InChI=1S/C29H25N5O/c30-17-21-4-6-22(7-5-21)20-34(35)12-9-27(10-13-34)33-29-16-26(15-25-8-11-32-19-28(25)29)24-3-1-2-23(14-24)18-31/h1-8,11,14-16,19,27,33H,9-10,12-13,20H2. The van der Waals surface area contributed by atoms with E-state index in [0.717, 1.165) is 46.0 Å². The highest BCUT2D eigenvalue weighted by atomic mass is 16.5. The summed E-state index contributed by atoms with van der Waals surface area (Å²) in [5.41, 5.74) is 5.23. The Labute approximate surface area is 204 Å². The molecule has 5 rings (SSSR count). The number of fused-ring (bicyclic) bond motifs is 1. The molecule has 1 saturated heterocycles. The van der Waals surface area contributed by atoms with Gasteiger partial charge in [-0.15, -0.1) is 0 Å². The Kier molecular flexibility index (Phi) is 6.16. The van der Waals surface area contributed by atoms with E-state index < -0.39 is 0 Å². The number of nitriles is 2. The fourth-order valence-electron chi connectivity index (χ4n) is 4.83. The number of nitrogens with zero attached hydrogens (tertiary/aromatic N) is 4. The van der Waals surface area contributed by atoms with Gasteiger partial charge in [-0.3, -0.25) is 4.98 Å². The predicted octanol–water partition coefficient (Wildman–Crippen LogP) is 5.73. The van der Waals surface area contributed by atoms with Crippen molar-refractivity contribution >= 4 is 16.5 Å². The number of pyridine rings is 1. The van der Waals surface area contributed by atoms with Crippen molar-refractivity contribution in [3.8, 4) is 23.3 Å². The average Bonchev–Trinajstić information content (AvgIpc) is 2.90. The van der Waals surface area contributed by atoms with Crippen molar-refractivity contribution in [2.45, 2.75) is 25.4 Å². The van der Waals surface area contributed by atoms with Gasteiger partial charge in [0.2, 0.25) is 0 Å². The molecule has 1 aliphatic heterocycles. The fraction of sp³-hybridized carbons (Fsp3) is 0.207. The van der Waals surface area contributed by atoms with E-state index in [-0.39, 0.29) is 10.7 Å². The Hall–Kier alpha value is -4.23. The molecule has 0 bridgehead atoms. The van der Waals surface area contributed by atoms with Crippen molar-refractivity contribution in [1.82, 2.24) is 4.98 Å². The lowest BCUT2D eigenvalue weighted by molar-refractivity contribution is -0.898. The second kappa shape index (κ2) is 9.56. The minimum atomic E-state index is -0.243. The highest BCUT2D eigenvalue weighted by molar-refractivity contribution is 5.97. The van der Waals surface area contributed by atoms with Crippen molar-refractivity contribution in [2.75, 3.05) is 18.4 Å². The molecule has 4 aromatic rings. The Bertz CT molecular complexity index is 1440. The largest absolute Gasteiger partial charge is 0.633 e. The van der Waals surface area contributed by atoms with Crippen molar-refractivity contribution in [1.29, 1.82) is 10.5 Å². The van der Waals surface area contributed by atoms with Crippen LogP contribution in [0.5, 0.6) is 0 Å². The summed E-state index contributed by atoms with van der Waals surface area (Å²) in [7, 11) is 0. The number of nitrogens with one attached hydrogen (secondary N) is 1. The van der Waals surface area contributed by atoms with E-state index in [0.29, 0.717) is 30.8 Å². The maximum absolute atomic E-state index is 13.4. The van der Waals surface area contributed by atoms with Crippen LogP contribution in [0.15, 0.2) is 79.1 Å². The van der Waals surface area contributed by atoms with E-state index in [4.69, 9.17) is 5.26 Å². The first-order valence-electron chi connectivity index (χ1n) is 11.8. The Morgan fingerprint density at radius 2 is 1.69 bits per heavy atom. The van der Waals surface area contributed by atoms with Gasteiger partial charge in [0.1, 0.15) is 6.54 Å². The molecular weight excluding hydrogens is 434 g/mol. The van der Waals surface area contributed by atoms with Crippen LogP contribution in [0, 0.1) is 27.9 Å². The third-order valence-electron chi connectivity index (χ3n) is 6.76. The lowest BCUT2D eigenvalue weighted by atomic mass is 9.98. The van der Waals surface area contributed by atoms with Crippen LogP contribution < -0.4 is 5.32 Å². The average molecular weight is 460 g/mol. The molecule has 1 N–H and O–H groups in total. The van der Waals surface area contributed by atoms with Gasteiger partial charge < -0.3 is 15.2 Å². The molecule has 1 aliphatic rings. The summed E-state index contributed by atoms with van der Waals surface area (Å²) in [4.78, 5) is 4.32. The topological polar surface area (TPSA) is 95.6 Å². The van der Waals surface area contributed by atoms with Crippen LogP contribution in [0.25, 0.3) is 21.9 Å².